The van der Waals surface area contributed by atoms with Crippen LogP contribution < -0.4 is 10.6 Å². The van der Waals surface area contributed by atoms with Gasteiger partial charge in [-0.25, -0.2) is 0 Å². The lowest BCUT2D eigenvalue weighted by molar-refractivity contribution is -0.119. The number of hydrogen-bond acceptors (Lipinski definition) is 2. The maximum Gasteiger partial charge on any atom is 0.228 e. The van der Waals surface area contributed by atoms with E-state index in [0.29, 0.717) is 17.3 Å². The molecule has 0 aliphatic heterocycles. The van der Waals surface area contributed by atoms with E-state index in [1.165, 1.54) is 0 Å². The Kier molecular flexibility index (Phi) is 5.25. The van der Waals surface area contributed by atoms with Crippen LogP contribution in [0.4, 0.5) is 5.69 Å². The second-order valence-corrected chi connectivity index (χ2v) is 4.86. The summed E-state index contributed by atoms with van der Waals surface area (Å²) in [6.07, 6.45) is 0. The molecule has 0 saturated heterocycles. The average molecular weight is 306 g/mol. The summed E-state index contributed by atoms with van der Waals surface area (Å²) in [5.74, 6) is -0.117. The van der Waals surface area contributed by atoms with Gasteiger partial charge in [-0.05, 0) is 41.2 Å². The molecule has 1 rings (SSSR count). The fraction of sp³-hybridized carbons (Fsp3) is 0.364. The Morgan fingerprint density at radius 2 is 2.25 bits per heavy atom. The van der Waals surface area contributed by atoms with Crippen LogP contribution in [0.5, 0.6) is 0 Å². The van der Waals surface area contributed by atoms with E-state index < -0.39 is 0 Å². The lowest BCUT2D eigenvalue weighted by atomic mass is 10.1. The number of amides is 1. The largest absolute Gasteiger partial charge is 0.325 e. The third-order valence-corrected chi connectivity index (χ3v) is 3.07. The molecule has 0 aromatic heterocycles. The monoisotopic (exact) mass is 304 g/mol. The Morgan fingerprint density at radius 3 is 2.88 bits per heavy atom. The summed E-state index contributed by atoms with van der Waals surface area (Å²) in [5.41, 5.74) is 0.695. The third kappa shape index (κ3) is 3.77. The first-order valence-electron chi connectivity index (χ1n) is 4.95. The number of carbonyl (C=O) groups is 1. The first-order valence-corrected chi connectivity index (χ1v) is 6.12. The quantitative estimate of drug-likeness (QED) is 0.898. The van der Waals surface area contributed by atoms with Crippen molar-refractivity contribution in [3.05, 3.63) is 27.7 Å². The van der Waals surface area contributed by atoms with Crippen LogP contribution in [0, 0.1) is 5.92 Å². The number of benzene rings is 1. The first-order chi connectivity index (χ1) is 7.54. The van der Waals surface area contributed by atoms with Gasteiger partial charge in [0.25, 0.3) is 0 Å². The van der Waals surface area contributed by atoms with E-state index in [2.05, 4.69) is 26.6 Å². The molecule has 3 nitrogen and oxygen atoms in total. The minimum absolute atomic E-state index is 0.0303. The number of carbonyl (C=O) groups excluding carboxylic acids is 1. The predicted octanol–water partition coefficient (Wildman–Crippen LogP) is 2.90. The fourth-order valence-electron chi connectivity index (χ4n) is 1.25. The van der Waals surface area contributed by atoms with Crippen molar-refractivity contribution in [3.63, 3.8) is 0 Å². The minimum atomic E-state index is -0.0871. The number of nitrogens with one attached hydrogen (secondary N) is 2. The Morgan fingerprint density at radius 1 is 1.56 bits per heavy atom. The van der Waals surface area contributed by atoms with Crippen LogP contribution in [0.1, 0.15) is 6.92 Å². The molecule has 0 saturated carbocycles. The summed E-state index contributed by atoms with van der Waals surface area (Å²) in [7, 11) is 1.82. The van der Waals surface area contributed by atoms with Crippen molar-refractivity contribution >= 4 is 39.1 Å². The van der Waals surface area contributed by atoms with Crippen molar-refractivity contribution in [2.75, 3.05) is 18.9 Å². The highest BCUT2D eigenvalue weighted by molar-refractivity contribution is 9.10. The van der Waals surface area contributed by atoms with Crippen LogP contribution in [0.15, 0.2) is 22.7 Å². The summed E-state index contributed by atoms with van der Waals surface area (Å²) in [6, 6.07) is 5.29. The fourth-order valence-corrected chi connectivity index (χ4v) is 1.77. The highest BCUT2D eigenvalue weighted by Gasteiger charge is 2.13. The summed E-state index contributed by atoms with van der Waals surface area (Å²) in [5, 5.41) is 6.38. The molecule has 16 heavy (non-hydrogen) atoms. The van der Waals surface area contributed by atoms with E-state index in [4.69, 9.17) is 11.6 Å². The van der Waals surface area contributed by atoms with Crippen molar-refractivity contribution in [2.24, 2.45) is 5.92 Å². The van der Waals surface area contributed by atoms with Crippen LogP contribution in [0.3, 0.4) is 0 Å². The average Bonchev–Trinajstić information content (AvgIpc) is 2.23. The summed E-state index contributed by atoms with van der Waals surface area (Å²) >= 11 is 9.21. The lowest BCUT2D eigenvalue weighted by Gasteiger charge is -2.12. The van der Waals surface area contributed by atoms with Crippen molar-refractivity contribution in [1.82, 2.24) is 5.32 Å². The number of rotatable bonds is 4. The molecule has 0 radical (unpaired) electrons. The predicted molar refractivity (Wildman–Crippen MR) is 70.9 cm³/mol. The maximum atomic E-state index is 11.8. The highest BCUT2D eigenvalue weighted by atomic mass is 79.9. The third-order valence-electron chi connectivity index (χ3n) is 2.14. The van der Waals surface area contributed by atoms with E-state index in [1.54, 1.807) is 18.2 Å². The van der Waals surface area contributed by atoms with E-state index in [0.717, 1.165) is 4.47 Å². The topological polar surface area (TPSA) is 41.1 Å². The Balaban J connectivity index is 2.72. The Hall–Kier alpha value is -0.580. The number of hydrogen-bond donors (Lipinski definition) is 2. The molecule has 0 heterocycles. The Bertz CT molecular complexity index is 384. The van der Waals surface area contributed by atoms with Gasteiger partial charge in [-0.1, -0.05) is 18.5 Å². The van der Waals surface area contributed by atoms with Crippen LogP contribution in [-0.2, 0) is 4.79 Å². The van der Waals surface area contributed by atoms with Crippen molar-refractivity contribution in [3.8, 4) is 0 Å². The molecule has 5 heteroatoms. The van der Waals surface area contributed by atoms with Crippen LogP contribution in [-0.4, -0.2) is 19.5 Å². The number of halogens is 2. The van der Waals surface area contributed by atoms with E-state index in [-0.39, 0.29) is 11.8 Å². The molecular formula is C11H14BrClN2O. The first kappa shape index (κ1) is 13.5. The van der Waals surface area contributed by atoms with Crippen LogP contribution >= 0.6 is 27.5 Å². The molecule has 1 aromatic rings. The van der Waals surface area contributed by atoms with Gasteiger partial charge in [-0.3, -0.25) is 4.79 Å². The van der Waals surface area contributed by atoms with Gasteiger partial charge >= 0.3 is 0 Å². The van der Waals surface area contributed by atoms with Gasteiger partial charge in [0.15, 0.2) is 0 Å². The second-order valence-electron chi connectivity index (χ2n) is 3.57. The molecular weight excluding hydrogens is 291 g/mol. The molecule has 88 valence electrons. The van der Waals surface area contributed by atoms with Crippen molar-refractivity contribution < 1.29 is 4.79 Å². The van der Waals surface area contributed by atoms with E-state index in [9.17, 15) is 4.79 Å². The Labute approximate surface area is 109 Å². The zero-order valence-electron chi connectivity index (χ0n) is 9.18. The molecule has 0 spiro atoms. The standard InChI is InChI=1S/C11H14BrClN2O/c1-7(6-14-2)11(16)15-10-5-8(13)3-4-9(10)12/h3-5,7,14H,6H2,1-2H3,(H,15,16). The molecule has 0 aliphatic carbocycles. The van der Waals surface area contributed by atoms with Gasteiger partial charge < -0.3 is 10.6 Å². The number of anilines is 1. The van der Waals surface area contributed by atoms with E-state index in [1.807, 2.05) is 14.0 Å². The summed E-state index contributed by atoms with van der Waals surface area (Å²) < 4.78 is 0.821. The lowest BCUT2D eigenvalue weighted by Crippen LogP contribution is -2.28. The smallest absolute Gasteiger partial charge is 0.228 e. The van der Waals surface area contributed by atoms with Crippen LogP contribution in [0.2, 0.25) is 5.02 Å². The molecule has 2 N–H and O–H groups in total. The zero-order valence-corrected chi connectivity index (χ0v) is 11.5. The normalized spacial score (nSPS) is 12.2. The van der Waals surface area contributed by atoms with Gasteiger partial charge in [0.1, 0.15) is 0 Å². The SMILES string of the molecule is CNCC(C)C(=O)Nc1cc(Cl)ccc1Br. The van der Waals surface area contributed by atoms with Crippen molar-refractivity contribution in [2.45, 2.75) is 6.92 Å². The molecule has 1 unspecified atom stereocenters. The minimum Gasteiger partial charge on any atom is -0.325 e. The van der Waals surface area contributed by atoms with Crippen LogP contribution in [0.25, 0.3) is 0 Å². The van der Waals surface area contributed by atoms with Gasteiger partial charge in [0.05, 0.1) is 5.69 Å². The molecule has 0 bridgehead atoms. The maximum absolute atomic E-state index is 11.8. The van der Waals surface area contributed by atoms with Gasteiger partial charge in [-0.2, -0.15) is 0 Å². The van der Waals surface area contributed by atoms with E-state index >= 15 is 0 Å². The molecule has 1 amide bonds. The van der Waals surface area contributed by atoms with Gasteiger partial charge in [-0.15, -0.1) is 0 Å². The zero-order chi connectivity index (χ0) is 12.1. The highest BCUT2D eigenvalue weighted by Crippen LogP contribution is 2.26. The molecule has 0 fully saturated rings. The summed E-state index contributed by atoms with van der Waals surface area (Å²) in [4.78, 5) is 11.8. The van der Waals surface area contributed by atoms with Gasteiger partial charge in [0.2, 0.25) is 5.91 Å². The molecule has 1 aromatic carbocycles. The molecule has 0 aliphatic rings. The second kappa shape index (κ2) is 6.23. The van der Waals surface area contributed by atoms with Gasteiger partial charge in [0, 0.05) is 22.0 Å². The summed E-state index contributed by atoms with van der Waals surface area (Å²) in [6.45, 7) is 2.51. The molecule has 1 atom stereocenters. The van der Waals surface area contributed by atoms with Crippen molar-refractivity contribution in [1.29, 1.82) is 0 Å².